The summed E-state index contributed by atoms with van der Waals surface area (Å²) in [5.74, 6) is 0.419. The number of fused-ring (bicyclic) bond motifs is 1. The van der Waals surface area contributed by atoms with Crippen molar-refractivity contribution in [2.45, 2.75) is 13.1 Å². The van der Waals surface area contributed by atoms with Crippen molar-refractivity contribution < 1.29 is 5.11 Å². The second kappa shape index (κ2) is 3.11. The maximum absolute atomic E-state index is 9.29. The predicted octanol–water partition coefficient (Wildman–Crippen LogP) is 1.42. The smallest absolute Gasteiger partial charge is 0.120 e. The molecule has 2 rings (SSSR count). The molecule has 0 radical (unpaired) electrons. The standard InChI is InChI=1S/C8H9NO.ClH/c10-8-3-1-2-6-4-9-5-7(6)8;/h1-3,9-10H,4-5H2;1H. The van der Waals surface area contributed by atoms with E-state index in [2.05, 4.69) is 5.32 Å². The van der Waals surface area contributed by atoms with Gasteiger partial charge in [0, 0.05) is 18.7 Å². The highest BCUT2D eigenvalue weighted by Gasteiger charge is 2.11. The average molecular weight is 172 g/mol. The molecule has 0 amide bonds. The number of hydrogen-bond donors (Lipinski definition) is 2. The molecule has 0 bridgehead atoms. The molecule has 1 aliphatic rings. The number of hydrogen-bond acceptors (Lipinski definition) is 2. The van der Waals surface area contributed by atoms with Gasteiger partial charge in [-0.1, -0.05) is 12.1 Å². The van der Waals surface area contributed by atoms with Crippen LogP contribution in [0.4, 0.5) is 0 Å². The topological polar surface area (TPSA) is 32.3 Å². The fraction of sp³-hybridized carbons (Fsp3) is 0.250. The van der Waals surface area contributed by atoms with Gasteiger partial charge in [0.15, 0.2) is 0 Å². The molecule has 0 saturated heterocycles. The van der Waals surface area contributed by atoms with Crippen molar-refractivity contribution in [1.29, 1.82) is 0 Å². The number of phenolic OH excluding ortho intramolecular Hbond substituents is 1. The van der Waals surface area contributed by atoms with Crippen LogP contribution in [0.2, 0.25) is 0 Å². The van der Waals surface area contributed by atoms with Crippen molar-refractivity contribution in [2.24, 2.45) is 0 Å². The fourth-order valence-corrected chi connectivity index (χ4v) is 1.31. The molecule has 0 spiro atoms. The van der Waals surface area contributed by atoms with Crippen LogP contribution in [0.1, 0.15) is 11.1 Å². The summed E-state index contributed by atoms with van der Waals surface area (Å²) in [6.45, 7) is 1.70. The maximum Gasteiger partial charge on any atom is 0.120 e. The molecule has 0 fully saturated rings. The predicted molar refractivity (Wildman–Crippen MR) is 45.9 cm³/mol. The lowest BCUT2D eigenvalue weighted by Gasteiger charge is -1.98. The number of rotatable bonds is 0. The van der Waals surface area contributed by atoms with Crippen LogP contribution in [-0.2, 0) is 13.1 Å². The molecular weight excluding hydrogens is 162 g/mol. The summed E-state index contributed by atoms with van der Waals surface area (Å²) >= 11 is 0. The second-order valence-electron chi connectivity index (χ2n) is 2.52. The molecular formula is C8H10ClNO. The van der Waals surface area contributed by atoms with Crippen LogP contribution < -0.4 is 5.32 Å². The Bertz CT molecular complexity index is 262. The van der Waals surface area contributed by atoms with Crippen LogP contribution in [0.15, 0.2) is 18.2 Å². The van der Waals surface area contributed by atoms with Crippen molar-refractivity contribution in [3.63, 3.8) is 0 Å². The third kappa shape index (κ3) is 1.32. The van der Waals surface area contributed by atoms with Crippen LogP contribution >= 0.6 is 12.4 Å². The van der Waals surface area contributed by atoms with Gasteiger partial charge < -0.3 is 10.4 Å². The lowest BCUT2D eigenvalue weighted by Crippen LogP contribution is -1.99. The van der Waals surface area contributed by atoms with E-state index >= 15 is 0 Å². The van der Waals surface area contributed by atoms with Gasteiger partial charge in [0.05, 0.1) is 0 Å². The second-order valence-corrected chi connectivity index (χ2v) is 2.52. The highest BCUT2D eigenvalue weighted by molar-refractivity contribution is 5.85. The van der Waals surface area contributed by atoms with Crippen molar-refractivity contribution in [1.82, 2.24) is 5.32 Å². The monoisotopic (exact) mass is 171 g/mol. The van der Waals surface area contributed by atoms with E-state index in [1.807, 2.05) is 12.1 Å². The minimum Gasteiger partial charge on any atom is -0.508 e. The molecule has 1 heterocycles. The van der Waals surface area contributed by atoms with Crippen LogP contribution in [0, 0.1) is 0 Å². The van der Waals surface area contributed by atoms with Crippen molar-refractivity contribution in [3.05, 3.63) is 29.3 Å². The number of aromatic hydroxyl groups is 1. The summed E-state index contributed by atoms with van der Waals surface area (Å²) < 4.78 is 0. The molecule has 0 atom stereocenters. The van der Waals surface area contributed by atoms with Gasteiger partial charge in [-0.15, -0.1) is 12.4 Å². The van der Waals surface area contributed by atoms with Gasteiger partial charge >= 0.3 is 0 Å². The van der Waals surface area contributed by atoms with E-state index in [1.165, 1.54) is 5.56 Å². The largest absolute Gasteiger partial charge is 0.508 e. The Morgan fingerprint density at radius 3 is 2.82 bits per heavy atom. The molecule has 1 aromatic carbocycles. The van der Waals surface area contributed by atoms with Gasteiger partial charge in [-0.3, -0.25) is 0 Å². The Hall–Kier alpha value is -0.730. The summed E-state index contributed by atoms with van der Waals surface area (Å²) in [5, 5.41) is 12.5. The number of halogens is 1. The molecule has 1 aromatic rings. The molecule has 3 heteroatoms. The highest BCUT2D eigenvalue weighted by atomic mass is 35.5. The van der Waals surface area contributed by atoms with Crippen LogP contribution in [-0.4, -0.2) is 5.11 Å². The van der Waals surface area contributed by atoms with Gasteiger partial charge in [0.1, 0.15) is 5.75 Å². The Labute approximate surface area is 71.7 Å². The zero-order valence-corrected chi connectivity index (χ0v) is 6.82. The minimum atomic E-state index is 0. The van der Waals surface area contributed by atoms with Gasteiger partial charge in [0.2, 0.25) is 0 Å². The van der Waals surface area contributed by atoms with E-state index < -0.39 is 0 Å². The molecule has 11 heavy (non-hydrogen) atoms. The summed E-state index contributed by atoms with van der Waals surface area (Å²) in [6, 6.07) is 5.64. The summed E-state index contributed by atoms with van der Waals surface area (Å²) in [6.07, 6.45) is 0. The van der Waals surface area contributed by atoms with Gasteiger partial charge in [0.25, 0.3) is 0 Å². The first-order valence-corrected chi connectivity index (χ1v) is 3.38. The Kier molecular flexibility index (Phi) is 2.37. The number of benzene rings is 1. The Morgan fingerprint density at radius 1 is 1.27 bits per heavy atom. The third-order valence-corrected chi connectivity index (χ3v) is 1.87. The fourth-order valence-electron chi connectivity index (χ4n) is 1.31. The molecule has 0 unspecified atom stereocenters. The summed E-state index contributed by atoms with van der Waals surface area (Å²) in [7, 11) is 0. The van der Waals surface area contributed by atoms with E-state index in [0.717, 1.165) is 18.7 Å². The number of phenols is 1. The van der Waals surface area contributed by atoms with E-state index in [0.29, 0.717) is 5.75 Å². The molecule has 1 aliphatic heterocycles. The first-order chi connectivity index (χ1) is 4.88. The SMILES string of the molecule is Cl.Oc1cccc2c1CNC2. The van der Waals surface area contributed by atoms with Crippen molar-refractivity contribution in [3.8, 4) is 5.75 Å². The highest BCUT2D eigenvalue weighted by Crippen LogP contribution is 2.24. The molecule has 0 aromatic heterocycles. The average Bonchev–Trinajstić information content (AvgIpc) is 2.36. The maximum atomic E-state index is 9.29. The molecule has 60 valence electrons. The van der Waals surface area contributed by atoms with Crippen molar-refractivity contribution >= 4 is 12.4 Å². The first-order valence-electron chi connectivity index (χ1n) is 3.38. The third-order valence-electron chi connectivity index (χ3n) is 1.87. The van der Waals surface area contributed by atoms with Crippen LogP contribution in [0.25, 0.3) is 0 Å². The van der Waals surface area contributed by atoms with Crippen LogP contribution in [0.3, 0.4) is 0 Å². The van der Waals surface area contributed by atoms with E-state index in [9.17, 15) is 5.11 Å². The summed E-state index contributed by atoms with van der Waals surface area (Å²) in [5.41, 5.74) is 2.28. The van der Waals surface area contributed by atoms with E-state index in [1.54, 1.807) is 6.07 Å². The molecule has 0 saturated carbocycles. The van der Waals surface area contributed by atoms with Crippen LogP contribution in [0.5, 0.6) is 5.75 Å². The summed E-state index contributed by atoms with van der Waals surface area (Å²) in [4.78, 5) is 0. The lowest BCUT2D eigenvalue weighted by atomic mass is 10.1. The Morgan fingerprint density at radius 2 is 2.09 bits per heavy atom. The Balaban J connectivity index is 0.000000605. The molecule has 2 nitrogen and oxygen atoms in total. The van der Waals surface area contributed by atoms with E-state index in [4.69, 9.17) is 0 Å². The minimum absolute atomic E-state index is 0. The van der Waals surface area contributed by atoms with Gasteiger partial charge in [-0.2, -0.15) is 0 Å². The first kappa shape index (κ1) is 8.37. The zero-order valence-electron chi connectivity index (χ0n) is 6.00. The number of nitrogens with one attached hydrogen (secondary N) is 1. The quantitative estimate of drug-likeness (QED) is 0.619. The van der Waals surface area contributed by atoms with Gasteiger partial charge in [-0.25, -0.2) is 0 Å². The molecule has 0 aliphatic carbocycles. The normalized spacial score (nSPS) is 13.8. The van der Waals surface area contributed by atoms with Crippen molar-refractivity contribution in [2.75, 3.05) is 0 Å². The van der Waals surface area contributed by atoms with E-state index in [-0.39, 0.29) is 12.4 Å². The zero-order chi connectivity index (χ0) is 6.97. The lowest BCUT2D eigenvalue weighted by molar-refractivity contribution is 0.468. The van der Waals surface area contributed by atoms with Gasteiger partial charge in [-0.05, 0) is 11.6 Å². The molecule has 2 N–H and O–H groups in total.